The van der Waals surface area contributed by atoms with Gasteiger partial charge in [-0.3, -0.25) is 0 Å². The summed E-state index contributed by atoms with van der Waals surface area (Å²) < 4.78 is 46.9. The summed E-state index contributed by atoms with van der Waals surface area (Å²) in [5.41, 5.74) is 5.10. The third-order valence-corrected chi connectivity index (χ3v) is 3.00. The molecule has 0 atom stereocenters. The van der Waals surface area contributed by atoms with Crippen molar-refractivity contribution in [2.45, 2.75) is 19.1 Å². The highest BCUT2D eigenvalue weighted by molar-refractivity contribution is 7.89. The second-order valence-corrected chi connectivity index (χ2v) is 5.03. The summed E-state index contributed by atoms with van der Waals surface area (Å²) in [6, 6.07) is 0. The van der Waals surface area contributed by atoms with Crippen molar-refractivity contribution in [3.05, 3.63) is 0 Å². The summed E-state index contributed by atoms with van der Waals surface area (Å²) in [6.07, 6.45) is 0.425. The first-order valence-corrected chi connectivity index (χ1v) is 5.79. The molecule has 0 bridgehead atoms. The van der Waals surface area contributed by atoms with E-state index in [1.165, 1.54) is 0 Å². The van der Waals surface area contributed by atoms with Crippen molar-refractivity contribution < 1.29 is 17.2 Å². The quantitative estimate of drug-likeness (QED) is 0.695. The number of nitrogens with two attached hydrogens (primary N) is 1. The molecule has 0 fully saturated rings. The highest BCUT2D eigenvalue weighted by Gasteiger charge is 2.31. The minimum Gasteiger partial charge on any atom is -0.392 e. The van der Waals surface area contributed by atoms with Crippen LogP contribution in [0.4, 0.5) is 8.78 Å². The van der Waals surface area contributed by atoms with E-state index in [0.29, 0.717) is 10.7 Å². The Kier molecular flexibility index (Phi) is 5.38. The van der Waals surface area contributed by atoms with Crippen LogP contribution in [0, 0.1) is 0 Å². The number of thiocarbonyl (C=S) groups is 1. The van der Waals surface area contributed by atoms with Gasteiger partial charge in [0.1, 0.15) is 0 Å². The summed E-state index contributed by atoms with van der Waals surface area (Å²) in [6.45, 7) is 1.33. The molecule has 0 rings (SSSR count). The molecular weight excluding hydrogens is 234 g/mol. The highest BCUT2D eigenvalue weighted by Crippen LogP contribution is 2.11. The summed E-state index contributed by atoms with van der Waals surface area (Å²) in [7, 11) is -4.56. The number of rotatable bonds is 6. The first-order valence-electron chi connectivity index (χ1n) is 3.87. The lowest BCUT2D eigenvalue weighted by molar-refractivity contribution is 0.221. The van der Waals surface area contributed by atoms with E-state index in [-0.39, 0.29) is 18.1 Å². The summed E-state index contributed by atoms with van der Waals surface area (Å²) in [5.74, 6) is -3.43. The van der Waals surface area contributed by atoms with Crippen molar-refractivity contribution >= 4 is 27.2 Å². The molecule has 8 heteroatoms. The molecule has 14 heavy (non-hydrogen) atoms. The van der Waals surface area contributed by atoms with Crippen LogP contribution in [-0.2, 0) is 10.0 Å². The van der Waals surface area contributed by atoms with Crippen molar-refractivity contribution in [3.8, 4) is 0 Å². The number of sulfonamides is 1. The minimum absolute atomic E-state index is 0.00991. The molecule has 0 aliphatic carbocycles. The number of hydrogen-bond acceptors (Lipinski definition) is 3. The summed E-state index contributed by atoms with van der Waals surface area (Å²) in [5, 5.41) is 0. The Morgan fingerprint density at radius 3 is 2.36 bits per heavy atom. The maximum atomic E-state index is 12.1. The van der Waals surface area contributed by atoms with Gasteiger partial charge in [0.05, 0.1) is 11.5 Å². The van der Waals surface area contributed by atoms with E-state index >= 15 is 0 Å². The Bertz CT molecular complexity index is 292. The number of alkyl halides is 2. The maximum Gasteiger partial charge on any atom is 0.350 e. The van der Waals surface area contributed by atoms with Crippen LogP contribution < -0.4 is 5.73 Å². The van der Waals surface area contributed by atoms with Crippen LogP contribution in [0.2, 0.25) is 0 Å². The molecule has 0 spiro atoms. The Morgan fingerprint density at radius 2 is 2.07 bits per heavy atom. The highest BCUT2D eigenvalue weighted by atomic mass is 32.2. The first-order chi connectivity index (χ1) is 6.32. The molecule has 0 saturated heterocycles. The van der Waals surface area contributed by atoms with Gasteiger partial charge in [0.15, 0.2) is 0 Å². The molecule has 0 aromatic rings. The largest absolute Gasteiger partial charge is 0.392 e. The van der Waals surface area contributed by atoms with Crippen LogP contribution in [0.1, 0.15) is 13.3 Å². The van der Waals surface area contributed by atoms with Gasteiger partial charge < -0.3 is 5.73 Å². The fraction of sp³-hybridized carbons (Fsp3) is 0.833. The Labute approximate surface area is 87.1 Å². The van der Waals surface area contributed by atoms with E-state index < -0.39 is 15.8 Å². The average Bonchev–Trinajstić information content (AvgIpc) is 2.02. The van der Waals surface area contributed by atoms with Crippen molar-refractivity contribution in [2.75, 3.05) is 13.1 Å². The predicted octanol–water partition coefficient (Wildman–Crippen LogP) is 0.537. The smallest absolute Gasteiger partial charge is 0.350 e. The monoisotopic (exact) mass is 246 g/mol. The molecule has 84 valence electrons. The second-order valence-electron chi connectivity index (χ2n) is 2.61. The van der Waals surface area contributed by atoms with E-state index in [0.717, 1.165) is 0 Å². The molecule has 0 saturated carbocycles. The van der Waals surface area contributed by atoms with Gasteiger partial charge in [-0.15, -0.1) is 0 Å². The molecule has 4 nitrogen and oxygen atoms in total. The van der Waals surface area contributed by atoms with Crippen LogP contribution in [-0.4, -0.2) is 36.6 Å². The van der Waals surface area contributed by atoms with Gasteiger partial charge in [-0.05, 0) is 6.42 Å². The van der Waals surface area contributed by atoms with Crippen LogP contribution in [0.25, 0.3) is 0 Å². The molecule has 0 amide bonds. The predicted molar refractivity (Wildman–Crippen MR) is 53.6 cm³/mol. The lowest BCUT2D eigenvalue weighted by atomic mass is 10.5. The van der Waals surface area contributed by atoms with Crippen molar-refractivity contribution in [1.82, 2.24) is 4.31 Å². The number of nitrogens with zero attached hydrogens (tertiary/aromatic N) is 1. The van der Waals surface area contributed by atoms with Crippen LogP contribution in [0.3, 0.4) is 0 Å². The second kappa shape index (κ2) is 5.52. The van der Waals surface area contributed by atoms with E-state index in [9.17, 15) is 17.2 Å². The Hall–Kier alpha value is -0.340. The molecule has 0 aliphatic rings. The van der Waals surface area contributed by atoms with E-state index in [1.54, 1.807) is 6.92 Å². The van der Waals surface area contributed by atoms with Crippen molar-refractivity contribution in [2.24, 2.45) is 5.73 Å². The molecule has 2 N–H and O–H groups in total. The molecule has 0 heterocycles. The minimum atomic E-state index is -4.56. The average molecular weight is 246 g/mol. The van der Waals surface area contributed by atoms with E-state index in [1.807, 2.05) is 0 Å². The van der Waals surface area contributed by atoms with Crippen LogP contribution in [0.15, 0.2) is 0 Å². The van der Waals surface area contributed by atoms with Crippen molar-refractivity contribution in [3.63, 3.8) is 0 Å². The van der Waals surface area contributed by atoms with Gasteiger partial charge >= 0.3 is 5.76 Å². The molecule has 0 aromatic heterocycles. The van der Waals surface area contributed by atoms with E-state index in [4.69, 9.17) is 5.73 Å². The van der Waals surface area contributed by atoms with Crippen molar-refractivity contribution in [1.29, 1.82) is 0 Å². The van der Waals surface area contributed by atoms with Crippen LogP contribution >= 0.6 is 12.2 Å². The maximum absolute atomic E-state index is 12.1. The molecule has 0 aliphatic heterocycles. The lowest BCUT2D eigenvalue weighted by Crippen LogP contribution is -2.41. The zero-order valence-corrected chi connectivity index (χ0v) is 9.25. The van der Waals surface area contributed by atoms with E-state index in [2.05, 4.69) is 12.2 Å². The zero-order valence-electron chi connectivity index (χ0n) is 7.61. The lowest BCUT2D eigenvalue weighted by Gasteiger charge is -2.19. The standard InChI is InChI=1S/C6H12F2N2O2S2/c1-2-3-10(4-5(9)13)14(11,12)6(7)8/h6H,2-4H2,1H3,(H2,9,13). The number of hydrogen-bond donors (Lipinski definition) is 1. The molecule has 0 aromatic carbocycles. The first kappa shape index (κ1) is 13.7. The fourth-order valence-electron chi connectivity index (χ4n) is 0.832. The molecule has 0 unspecified atom stereocenters. The number of halogens is 2. The fourth-order valence-corrected chi connectivity index (χ4v) is 2.05. The Morgan fingerprint density at radius 1 is 1.57 bits per heavy atom. The summed E-state index contributed by atoms with van der Waals surface area (Å²) in [4.78, 5) is -0.123. The third kappa shape index (κ3) is 3.81. The Balaban J connectivity index is 4.73. The van der Waals surface area contributed by atoms with Gasteiger partial charge in [0.2, 0.25) is 0 Å². The van der Waals surface area contributed by atoms with Gasteiger partial charge in [-0.2, -0.15) is 13.1 Å². The van der Waals surface area contributed by atoms with Crippen LogP contribution in [0.5, 0.6) is 0 Å². The van der Waals surface area contributed by atoms with Gasteiger partial charge in [0, 0.05) is 6.54 Å². The molecule has 0 radical (unpaired) electrons. The third-order valence-electron chi connectivity index (χ3n) is 1.39. The summed E-state index contributed by atoms with van der Waals surface area (Å²) >= 11 is 4.47. The normalized spacial score (nSPS) is 12.4. The topological polar surface area (TPSA) is 63.4 Å². The SMILES string of the molecule is CCCN(CC(N)=S)S(=O)(=O)C(F)F. The molecular formula is C6H12F2N2O2S2. The zero-order chi connectivity index (χ0) is 11.4. The van der Waals surface area contributed by atoms with Gasteiger partial charge in [0.25, 0.3) is 10.0 Å². The van der Waals surface area contributed by atoms with Gasteiger partial charge in [-0.25, -0.2) is 8.42 Å². The van der Waals surface area contributed by atoms with Gasteiger partial charge in [-0.1, -0.05) is 19.1 Å².